The lowest BCUT2D eigenvalue weighted by Crippen LogP contribution is -2.47. The van der Waals surface area contributed by atoms with Crippen molar-refractivity contribution in [1.29, 1.82) is 0 Å². The number of carbonyl (C=O) groups excluding carboxylic acids is 1. The van der Waals surface area contributed by atoms with Crippen molar-refractivity contribution in [3.8, 4) is 0 Å². The maximum atomic E-state index is 12.2. The van der Waals surface area contributed by atoms with Gasteiger partial charge in [0.15, 0.2) is 0 Å². The van der Waals surface area contributed by atoms with Gasteiger partial charge in [0.1, 0.15) is 0 Å². The molecule has 22 heavy (non-hydrogen) atoms. The molecule has 0 aliphatic heterocycles. The van der Waals surface area contributed by atoms with Crippen molar-refractivity contribution >= 4 is 15.9 Å². The third kappa shape index (κ3) is 4.81. The molecular weight excluding hydrogens is 300 g/mol. The second kappa shape index (κ2) is 7.74. The first kappa shape index (κ1) is 17.0. The van der Waals surface area contributed by atoms with Crippen LogP contribution in [-0.2, 0) is 14.8 Å². The quantitative estimate of drug-likeness (QED) is 0.815. The van der Waals surface area contributed by atoms with Gasteiger partial charge in [0.2, 0.25) is 15.9 Å². The van der Waals surface area contributed by atoms with Crippen LogP contribution in [0.3, 0.4) is 0 Å². The van der Waals surface area contributed by atoms with E-state index in [2.05, 4.69) is 10.0 Å². The van der Waals surface area contributed by atoms with Gasteiger partial charge in [0, 0.05) is 6.04 Å². The van der Waals surface area contributed by atoms with Crippen LogP contribution >= 0.6 is 0 Å². The molecule has 1 atom stereocenters. The Hall–Kier alpha value is -1.40. The Bertz CT molecular complexity index is 579. The molecule has 0 radical (unpaired) electrons. The van der Waals surface area contributed by atoms with Crippen molar-refractivity contribution < 1.29 is 13.2 Å². The lowest BCUT2D eigenvalue weighted by Gasteiger charge is -2.20. The molecule has 0 unspecified atom stereocenters. The highest BCUT2D eigenvalue weighted by Gasteiger charge is 2.23. The highest BCUT2D eigenvalue weighted by molar-refractivity contribution is 7.89. The summed E-state index contributed by atoms with van der Waals surface area (Å²) in [5, 5.41) is 2.97. The van der Waals surface area contributed by atoms with E-state index in [1.165, 1.54) is 25.0 Å². The molecule has 0 saturated heterocycles. The minimum atomic E-state index is -3.66. The molecule has 1 saturated carbocycles. The van der Waals surface area contributed by atoms with E-state index in [-0.39, 0.29) is 16.8 Å². The number of hydrogen-bond acceptors (Lipinski definition) is 3. The van der Waals surface area contributed by atoms with Crippen LogP contribution in [0.2, 0.25) is 0 Å². The maximum absolute atomic E-state index is 12.2. The van der Waals surface area contributed by atoms with Crippen molar-refractivity contribution in [2.24, 2.45) is 0 Å². The van der Waals surface area contributed by atoms with Gasteiger partial charge in [-0.25, -0.2) is 8.42 Å². The summed E-state index contributed by atoms with van der Waals surface area (Å²) in [7, 11) is -3.66. The molecule has 122 valence electrons. The topological polar surface area (TPSA) is 75.3 Å². The van der Waals surface area contributed by atoms with E-state index in [0.717, 1.165) is 25.7 Å². The van der Waals surface area contributed by atoms with Crippen LogP contribution in [0.1, 0.15) is 45.4 Å². The first-order chi connectivity index (χ1) is 10.5. The summed E-state index contributed by atoms with van der Waals surface area (Å²) in [6, 6.07) is 7.47. The summed E-state index contributed by atoms with van der Waals surface area (Å²) in [5.74, 6) is -0.258. The summed E-state index contributed by atoms with van der Waals surface area (Å²) in [6.07, 6.45) is 6.61. The average molecular weight is 324 g/mol. The normalized spacial score (nSPS) is 18.4. The molecule has 0 spiro atoms. The Morgan fingerprint density at radius 2 is 1.68 bits per heavy atom. The van der Waals surface area contributed by atoms with Gasteiger partial charge in [-0.05, 0) is 31.9 Å². The number of hydrogen-bond donors (Lipinski definition) is 2. The van der Waals surface area contributed by atoms with E-state index in [0.29, 0.717) is 0 Å². The van der Waals surface area contributed by atoms with E-state index in [4.69, 9.17) is 0 Å². The zero-order chi connectivity index (χ0) is 16.0. The zero-order valence-corrected chi connectivity index (χ0v) is 13.7. The highest BCUT2D eigenvalue weighted by Crippen LogP contribution is 2.17. The Morgan fingerprint density at radius 3 is 2.27 bits per heavy atom. The molecule has 1 fully saturated rings. The molecule has 0 heterocycles. The number of rotatable bonds is 5. The first-order valence-corrected chi connectivity index (χ1v) is 9.35. The van der Waals surface area contributed by atoms with Crippen LogP contribution < -0.4 is 10.0 Å². The molecule has 2 rings (SSSR count). The van der Waals surface area contributed by atoms with E-state index < -0.39 is 16.1 Å². The number of nitrogens with one attached hydrogen (secondary N) is 2. The molecule has 5 nitrogen and oxygen atoms in total. The molecule has 1 aromatic rings. The molecule has 0 bridgehead atoms. The summed E-state index contributed by atoms with van der Waals surface area (Å²) in [4.78, 5) is 12.4. The highest BCUT2D eigenvalue weighted by atomic mass is 32.2. The van der Waals surface area contributed by atoms with Gasteiger partial charge in [-0.2, -0.15) is 4.72 Å². The number of amides is 1. The van der Waals surface area contributed by atoms with Crippen LogP contribution in [-0.4, -0.2) is 26.4 Å². The summed E-state index contributed by atoms with van der Waals surface area (Å²) >= 11 is 0. The van der Waals surface area contributed by atoms with Crippen LogP contribution in [0.15, 0.2) is 35.2 Å². The molecule has 0 aromatic heterocycles. The Labute approximate surface area is 132 Å². The maximum Gasteiger partial charge on any atom is 0.241 e. The minimum Gasteiger partial charge on any atom is -0.352 e. The van der Waals surface area contributed by atoms with Gasteiger partial charge < -0.3 is 5.32 Å². The standard InChI is InChI=1S/C16H24N2O3S/c1-13(16(19)17-14-9-5-2-3-6-10-14)18-22(20,21)15-11-7-4-8-12-15/h4,7-8,11-14,18H,2-3,5-6,9-10H2,1H3,(H,17,19)/t13-/m0/s1. The van der Waals surface area contributed by atoms with Gasteiger partial charge in [-0.1, -0.05) is 43.9 Å². The lowest BCUT2D eigenvalue weighted by atomic mass is 10.1. The van der Waals surface area contributed by atoms with Crippen LogP contribution in [0.5, 0.6) is 0 Å². The van der Waals surface area contributed by atoms with Crippen molar-refractivity contribution in [2.45, 2.75) is 62.4 Å². The van der Waals surface area contributed by atoms with E-state index in [1.54, 1.807) is 25.1 Å². The second-order valence-electron chi connectivity index (χ2n) is 5.85. The van der Waals surface area contributed by atoms with Gasteiger partial charge in [-0.15, -0.1) is 0 Å². The van der Waals surface area contributed by atoms with Crippen LogP contribution in [0, 0.1) is 0 Å². The zero-order valence-electron chi connectivity index (χ0n) is 12.9. The fraction of sp³-hybridized carbons (Fsp3) is 0.562. The van der Waals surface area contributed by atoms with Crippen molar-refractivity contribution in [3.63, 3.8) is 0 Å². The smallest absolute Gasteiger partial charge is 0.241 e. The molecular formula is C16H24N2O3S. The van der Waals surface area contributed by atoms with Crippen LogP contribution in [0.4, 0.5) is 0 Å². The third-order valence-electron chi connectivity index (χ3n) is 3.98. The van der Waals surface area contributed by atoms with Crippen molar-refractivity contribution in [2.75, 3.05) is 0 Å². The van der Waals surface area contributed by atoms with E-state index in [9.17, 15) is 13.2 Å². The SMILES string of the molecule is C[C@H](NS(=O)(=O)c1ccccc1)C(=O)NC1CCCCCC1. The second-order valence-corrected chi connectivity index (χ2v) is 7.57. The van der Waals surface area contributed by atoms with Crippen LogP contribution in [0.25, 0.3) is 0 Å². The Morgan fingerprint density at radius 1 is 1.09 bits per heavy atom. The lowest BCUT2D eigenvalue weighted by molar-refractivity contribution is -0.123. The molecule has 1 aromatic carbocycles. The minimum absolute atomic E-state index is 0.165. The van der Waals surface area contributed by atoms with Gasteiger partial charge in [-0.3, -0.25) is 4.79 Å². The Balaban J connectivity index is 1.93. The van der Waals surface area contributed by atoms with Gasteiger partial charge in [0.25, 0.3) is 0 Å². The predicted octanol–water partition coefficient (Wildman–Crippen LogP) is 2.19. The molecule has 6 heteroatoms. The number of sulfonamides is 1. The summed E-state index contributed by atoms with van der Waals surface area (Å²) in [6.45, 7) is 1.58. The average Bonchev–Trinajstić information content (AvgIpc) is 2.76. The Kier molecular flexibility index (Phi) is 5.97. The third-order valence-corrected chi connectivity index (χ3v) is 5.54. The molecule has 1 aliphatic rings. The van der Waals surface area contributed by atoms with Crippen molar-refractivity contribution in [1.82, 2.24) is 10.0 Å². The number of benzene rings is 1. The molecule has 2 N–H and O–H groups in total. The van der Waals surface area contributed by atoms with Crippen molar-refractivity contribution in [3.05, 3.63) is 30.3 Å². The first-order valence-electron chi connectivity index (χ1n) is 7.87. The fourth-order valence-electron chi connectivity index (χ4n) is 2.70. The van der Waals surface area contributed by atoms with E-state index in [1.807, 2.05) is 0 Å². The van der Waals surface area contributed by atoms with Gasteiger partial charge in [0.05, 0.1) is 10.9 Å². The summed E-state index contributed by atoms with van der Waals surface area (Å²) < 4.78 is 26.8. The predicted molar refractivity (Wildman–Crippen MR) is 85.9 cm³/mol. The monoisotopic (exact) mass is 324 g/mol. The van der Waals surface area contributed by atoms with Gasteiger partial charge >= 0.3 is 0 Å². The number of carbonyl (C=O) groups is 1. The summed E-state index contributed by atoms with van der Waals surface area (Å²) in [5.41, 5.74) is 0. The largest absolute Gasteiger partial charge is 0.352 e. The molecule has 1 aliphatic carbocycles. The van der Waals surface area contributed by atoms with E-state index >= 15 is 0 Å². The fourth-order valence-corrected chi connectivity index (χ4v) is 3.93. The molecule has 1 amide bonds.